The minimum Gasteiger partial charge on any atom is -0.497 e. The summed E-state index contributed by atoms with van der Waals surface area (Å²) >= 11 is 0. The zero-order chi connectivity index (χ0) is 19.2. The predicted molar refractivity (Wildman–Crippen MR) is 97.8 cm³/mol. The summed E-state index contributed by atoms with van der Waals surface area (Å²) in [5, 5.41) is 2.67. The summed E-state index contributed by atoms with van der Waals surface area (Å²) in [5.74, 6) is 0.872. The standard InChI is InChI=1S/C18H22N2O5S/c1-13-10-16(25-3)8-9-17(13)26(22,23)20-12-18(21)19-11-14-4-6-15(24-2)7-5-14/h4-10,20H,11-12H2,1-3H3,(H,19,21). The quantitative estimate of drug-likeness (QED) is 0.728. The summed E-state index contributed by atoms with van der Waals surface area (Å²) in [6.07, 6.45) is 0. The Hall–Kier alpha value is -2.58. The molecule has 2 N–H and O–H groups in total. The number of benzene rings is 2. The average molecular weight is 378 g/mol. The molecule has 0 aromatic heterocycles. The van der Waals surface area contributed by atoms with Gasteiger partial charge in [-0.05, 0) is 48.4 Å². The lowest BCUT2D eigenvalue weighted by molar-refractivity contribution is -0.120. The molecular formula is C18H22N2O5S. The van der Waals surface area contributed by atoms with Crippen LogP contribution in [0.2, 0.25) is 0 Å². The van der Waals surface area contributed by atoms with Crippen LogP contribution in [0.1, 0.15) is 11.1 Å². The number of rotatable bonds is 8. The van der Waals surface area contributed by atoms with E-state index in [1.165, 1.54) is 13.2 Å². The average Bonchev–Trinajstić information content (AvgIpc) is 2.64. The fourth-order valence-electron chi connectivity index (χ4n) is 2.30. The van der Waals surface area contributed by atoms with E-state index in [9.17, 15) is 13.2 Å². The van der Waals surface area contributed by atoms with Crippen molar-refractivity contribution in [1.82, 2.24) is 10.0 Å². The molecule has 8 heteroatoms. The monoisotopic (exact) mass is 378 g/mol. The lowest BCUT2D eigenvalue weighted by atomic mass is 10.2. The number of hydrogen-bond donors (Lipinski definition) is 2. The molecule has 140 valence electrons. The molecule has 1 amide bonds. The largest absolute Gasteiger partial charge is 0.497 e. The van der Waals surface area contributed by atoms with Gasteiger partial charge in [0.2, 0.25) is 15.9 Å². The second kappa shape index (κ2) is 8.68. The lowest BCUT2D eigenvalue weighted by Gasteiger charge is -2.11. The first-order chi connectivity index (χ1) is 12.4. The van der Waals surface area contributed by atoms with Gasteiger partial charge in [0.15, 0.2) is 0 Å². The Kier molecular flexibility index (Phi) is 6.59. The number of ether oxygens (including phenoxy) is 2. The first kappa shape index (κ1) is 19.7. The van der Waals surface area contributed by atoms with Crippen LogP contribution in [0.15, 0.2) is 47.4 Å². The molecule has 0 atom stereocenters. The van der Waals surface area contributed by atoms with Crippen molar-refractivity contribution < 1.29 is 22.7 Å². The highest BCUT2D eigenvalue weighted by atomic mass is 32.2. The first-order valence-corrected chi connectivity index (χ1v) is 9.38. The molecule has 0 bridgehead atoms. The van der Waals surface area contributed by atoms with Crippen molar-refractivity contribution in [3.63, 3.8) is 0 Å². The lowest BCUT2D eigenvalue weighted by Crippen LogP contribution is -2.36. The molecule has 0 aliphatic heterocycles. The molecule has 0 heterocycles. The molecule has 0 aliphatic carbocycles. The third kappa shape index (κ3) is 5.21. The maximum absolute atomic E-state index is 12.4. The highest BCUT2D eigenvalue weighted by Crippen LogP contribution is 2.20. The van der Waals surface area contributed by atoms with Crippen molar-refractivity contribution in [2.45, 2.75) is 18.4 Å². The van der Waals surface area contributed by atoms with Crippen LogP contribution >= 0.6 is 0 Å². The Morgan fingerprint density at radius 2 is 1.62 bits per heavy atom. The summed E-state index contributed by atoms with van der Waals surface area (Å²) in [7, 11) is -0.701. The molecule has 0 saturated heterocycles. The normalized spacial score (nSPS) is 11.0. The van der Waals surface area contributed by atoms with Crippen LogP contribution in [0.5, 0.6) is 11.5 Å². The molecule has 0 saturated carbocycles. The molecule has 2 aromatic rings. The number of aryl methyl sites for hydroxylation is 1. The van der Waals surface area contributed by atoms with Crippen LogP contribution in [0.3, 0.4) is 0 Å². The number of nitrogens with one attached hydrogen (secondary N) is 2. The Morgan fingerprint density at radius 3 is 2.19 bits per heavy atom. The second-order valence-corrected chi connectivity index (χ2v) is 7.32. The van der Waals surface area contributed by atoms with Gasteiger partial charge in [-0.3, -0.25) is 4.79 Å². The van der Waals surface area contributed by atoms with Gasteiger partial charge in [-0.2, -0.15) is 0 Å². The van der Waals surface area contributed by atoms with E-state index in [1.807, 2.05) is 12.1 Å². The van der Waals surface area contributed by atoms with Crippen LogP contribution < -0.4 is 19.5 Å². The maximum atomic E-state index is 12.4. The Bertz CT molecular complexity index is 864. The van der Waals surface area contributed by atoms with Crippen molar-refractivity contribution in [2.75, 3.05) is 20.8 Å². The van der Waals surface area contributed by atoms with Gasteiger partial charge in [0.05, 0.1) is 25.7 Å². The van der Waals surface area contributed by atoms with Gasteiger partial charge in [-0.25, -0.2) is 13.1 Å². The number of carbonyl (C=O) groups excluding carboxylic acids is 1. The fourth-order valence-corrected chi connectivity index (χ4v) is 3.50. The topological polar surface area (TPSA) is 93.7 Å². The Labute approximate surface area is 153 Å². The molecule has 0 fully saturated rings. The number of hydrogen-bond acceptors (Lipinski definition) is 5. The highest BCUT2D eigenvalue weighted by molar-refractivity contribution is 7.89. The SMILES string of the molecule is COc1ccc(CNC(=O)CNS(=O)(=O)c2ccc(OC)cc2C)cc1. The molecule has 7 nitrogen and oxygen atoms in total. The van der Waals surface area contributed by atoms with E-state index < -0.39 is 15.9 Å². The van der Waals surface area contributed by atoms with Gasteiger partial charge in [0.1, 0.15) is 11.5 Å². The van der Waals surface area contributed by atoms with E-state index in [-0.39, 0.29) is 11.4 Å². The van der Waals surface area contributed by atoms with E-state index in [4.69, 9.17) is 9.47 Å². The van der Waals surface area contributed by atoms with Crippen LogP contribution in [-0.2, 0) is 21.4 Å². The van der Waals surface area contributed by atoms with Gasteiger partial charge in [-0.1, -0.05) is 12.1 Å². The van der Waals surface area contributed by atoms with Crippen molar-refractivity contribution in [3.05, 3.63) is 53.6 Å². The summed E-state index contributed by atoms with van der Waals surface area (Å²) in [6.45, 7) is 1.62. The van der Waals surface area contributed by atoms with Crippen LogP contribution in [0.4, 0.5) is 0 Å². The molecule has 2 aromatic carbocycles. The maximum Gasteiger partial charge on any atom is 0.241 e. The van der Waals surface area contributed by atoms with Crippen molar-refractivity contribution in [3.8, 4) is 11.5 Å². The van der Waals surface area contributed by atoms with Gasteiger partial charge < -0.3 is 14.8 Å². The summed E-state index contributed by atoms with van der Waals surface area (Å²) < 4.78 is 37.1. The molecule has 2 rings (SSSR count). The summed E-state index contributed by atoms with van der Waals surface area (Å²) in [4.78, 5) is 12.0. The van der Waals surface area contributed by atoms with E-state index in [0.717, 1.165) is 11.3 Å². The number of sulfonamides is 1. The van der Waals surface area contributed by atoms with Gasteiger partial charge >= 0.3 is 0 Å². The first-order valence-electron chi connectivity index (χ1n) is 7.89. The smallest absolute Gasteiger partial charge is 0.241 e. The van der Waals surface area contributed by atoms with Crippen molar-refractivity contribution >= 4 is 15.9 Å². The van der Waals surface area contributed by atoms with E-state index in [0.29, 0.717) is 17.9 Å². The van der Waals surface area contributed by atoms with Gasteiger partial charge in [0, 0.05) is 6.54 Å². The summed E-state index contributed by atoms with van der Waals surface area (Å²) in [5.41, 5.74) is 1.42. The third-order valence-electron chi connectivity index (χ3n) is 3.74. The van der Waals surface area contributed by atoms with Crippen molar-refractivity contribution in [2.24, 2.45) is 0 Å². The summed E-state index contributed by atoms with van der Waals surface area (Å²) in [6, 6.07) is 11.9. The molecule has 26 heavy (non-hydrogen) atoms. The van der Waals surface area contributed by atoms with E-state index in [1.54, 1.807) is 38.3 Å². The van der Waals surface area contributed by atoms with E-state index >= 15 is 0 Å². The predicted octanol–water partition coefficient (Wildman–Crippen LogP) is 1.61. The van der Waals surface area contributed by atoms with Crippen LogP contribution in [0.25, 0.3) is 0 Å². The molecule has 0 unspecified atom stereocenters. The Morgan fingerprint density at radius 1 is 1.00 bits per heavy atom. The van der Waals surface area contributed by atoms with Crippen molar-refractivity contribution in [1.29, 1.82) is 0 Å². The number of amides is 1. The zero-order valence-electron chi connectivity index (χ0n) is 14.9. The highest BCUT2D eigenvalue weighted by Gasteiger charge is 2.18. The molecule has 0 aliphatic rings. The Balaban J connectivity index is 1.91. The number of carbonyl (C=O) groups is 1. The minimum atomic E-state index is -3.79. The van der Waals surface area contributed by atoms with Crippen LogP contribution in [-0.4, -0.2) is 35.1 Å². The molecule has 0 radical (unpaired) electrons. The zero-order valence-corrected chi connectivity index (χ0v) is 15.7. The minimum absolute atomic E-state index is 0.112. The third-order valence-corrected chi connectivity index (χ3v) is 5.30. The number of methoxy groups -OCH3 is 2. The fraction of sp³-hybridized carbons (Fsp3) is 0.278. The van der Waals surface area contributed by atoms with Crippen LogP contribution in [0, 0.1) is 6.92 Å². The second-order valence-electron chi connectivity index (χ2n) is 5.58. The van der Waals surface area contributed by atoms with Gasteiger partial charge in [0.25, 0.3) is 0 Å². The molecule has 0 spiro atoms. The van der Waals surface area contributed by atoms with Gasteiger partial charge in [-0.15, -0.1) is 0 Å². The molecular weight excluding hydrogens is 356 g/mol. The van der Waals surface area contributed by atoms with E-state index in [2.05, 4.69) is 10.0 Å².